The molecule has 0 aromatic rings. The molecule has 1 heterocycles. The zero-order valence-corrected chi connectivity index (χ0v) is 11.5. The van der Waals surface area contributed by atoms with Crippen molar-refractivity contribution in [1.82, 2.24) is 10.6 Å². The van der Waals surface area contributed by atoms with Crippen LogP contribution in [0.3, 0.4) is 0 Å². The molecule has 1 fully saturated rings. The minimum atomic E-state index is -0.0449. The predicted octanol–water partition coefficient (Wildman–Crippen LogP) is 2.10. The van der Waals surface area contributed by atoms with Crippen molar-refractivity contribution in [2.24, 2.45) is 5.92 Å². The number of halogens is 1. The van der Waals surface area contributed by atoms with Gasteiger partial charge in [-0.15, -0.1) is 12.4 Å². The fourth-order valence-electron chi connectivity index (χ4n) is 2.21. The van der Waals surface area contributed by atoms with Gasteiger partial charge in [0.2, 0.25) is 5.91 Å². The number of rotatable bonds is 4. The first-order valence-corrected chi connectivity index (χ1v) is 6.08. The number of hydrogen-bond donors (Lipinski definition) is 2. The van der Waals surface area contributed by atoms with Gasteiger partial charge in [-0.1, -0.05) is 13.3 Å². The minimum Gasteiger partial charge on any atom is -0.351 e. The lowest BCUT2D eigenvalue weighted by Gasteiger charge is -2.30. The van der Waals surface area contributed by atoms with E-state index in [0.717, 1.165) is 38.8 Å². The van der Waals surface area contributed by atoms with E-state index in [9.17, 15) is 4.79 Å². The Hall–Kier alpha value is -0.280. The van der Waals surface area contributed by atoms with Crippen LogP contribution in [0, 0.1) is 5.92 Å². The average molecular weight is 249 g/mol. The summed E-state index contributed by atoms with van der Waals surface area (Å²) in [6.45, 7) is 8.32. The quantitative estimate of drug-likeness (QED) is 0.800. The first-order valence-electron chi connectivity index (χ1n) is 6.08. The van der Waals surface area contributed by atoms with Crippen molar-refractivity contribution in [3.8, 4) is 0 Å². The molecule has 96 valence electrons. The lowest BCUT2D eigenvalue weighted by atomic mass is 9.93. The van der Waals surface area contributed by atoms with Crippen molar-refractivity contribution in [2.75, 3.05) is 13.1 Å². The largest absolute Gasteiger partial charge is 0.351 e. The highest BCUT2D eigenvalue weighted by Crippen LogP contribution is 2.16. The maximum absolute atomic E-state index is 11.9. The molecule has 0 bridgehead atoms. The Balaban J connectivity index is 0.00000225. The van der Waals surface area contributed by atoms with E-state index in [-0.39, 0.29) is 29.8 Å². The SMILES string of the molecule is CCCC(C)(C)NC(=O)C1CCNCC1.Cl. The monoisotopic (exact) mass is 248 g/mol. The van der Waals surface area contributed by atoms with Crippen molar-refractivity contribution >= 4 is 18.3 Å². The van der Waals surface area contributed by atoms with E-state index in [1.165, 1.54) is 0 Å². The molecule has 1 saturated heterocycles. The van der Waals surface area contributed by atoms with E-state index >= 15 is 0 Å². The minimum absolute atomic E-state index is 0. The second kappa shape index (κ2) is 7.13. The molecule has 0 atom stereocenters. The average Bonchev–Trinajstić information content (AvgIpc) is 2.18. The lowest BCUT2D eigenvalue weighted by molar-refractivity contribution is -0.127. The topological polar surface area (TPSA) is 41.1 Å². The van der Waals surface area contributed by atoms with Gasteiger partial charge in [0.05, 0.1) is 0 Å². The van der Waals surface area contributed by atoms with E-state index in [0.29, 0.717) is 0 Å². The lowest BCUT2D eigenvalue weighted by Crippen LogP contribution is -2.47. The normalized spacial score (nSPS) is 17.7. The van der Waals surface area contributed by atoms with Crippen LogP contribution in [-0.4, -0.2) is 24.5 Å². The van der Waals surface area contributed by atoms with Gasteiger partial charge >= 0.3 is 0 Å². The molecule has 16 heavy (non-hydrogen) atoms. The van der Waals surface area contributed by atoms with Crippen LogP contribution >= 0.6 is 12.4 Å². The van der Waals surface area contributed by atoms with E-state index < -0.39 is 0 Å². The third-order valence-electron chi connectivity index (χ3n) is 3.05. The summed E-state index contributed by atoms with van der Waals surface area (Å²) in [5.74, 6) is 0.470. The van der Waals surface area contributed by atoms with Gasteiger partial charge in [-0.2, -0.15) is 0 Å². The molecule has 0 spiro atoms. The number of hydrogen-bond acceptors (Lipinski definition) is 2. The van der Waals surface area contributed by atoms with Gasteiger partial charge in [0, 0.05) is 11.5 Å². The first kappa shape index (κ1) is 15.7. The zero-order valence-electron chi connectivity index (χ0n) is 10.6. The van der Waals surface area contributed by atoms with Crippen LogP contribution in [0.5, 0.6) is 0 Å². The molecule has 0 aromatic heterocycles. The van der Waals surface area contributed by atoms with E-state index in [2.05, 4.69) is 31.4 Å². The standard InChI is InChI=1S/C12H24N2O.ClH/c1-4-7-12(2,3)14-11(15)10-5-8-13-9-6-10;/h10,13H,4-9H2,1-3H3,(H,14,15);1H. The zero-order chi connectivity index (χ0) is 11.3. The summed E-state index contributed by atoms with van der Waals surface area (Å²) in [5, 5.41) is 6.44. The number of carbonyl (C=O) groups excluding carboxylic acids is 1. The third-order valence-corrected chi connectivity index (χ3v) is 3.05. The number of nitrogens with one attached hydrogen (secondary N) is 2. The molecule has 1 rings (SSSR count). The van der Waals surface area contributed by atoms with Crippen molar-refractivity contribution in [2.45, 2.75) is 52.0 Å². The number of amides is 1. The molecule has 0 aromatic carbocycles. The summed E-state index contributed by atoms with van der Waals surface area (Å²) in [7, 11) is 0. The Morgan fingerprint density at radius 1 is 1.38 bits per heavy atom. The maximum Gasteiger partial charge on any atom is 0.223 e. The van der Waals surface area contributed by atoms with Crippen LogP contribution in [0.1, 0.15) is 46.5 Å². The molecular weight excluding hydrogens is 224 g/mol. The molecular formula is C12H25ClN2O. The summed E-state index contributed by atoms with van der Waals surface area (Å²) in [5.41, 5.74) is -0.0449. The first-order chi connectivity index (χ1) is 7.05. The Morgan fingerprint density at radius 3 is 2.44 bits per heavy atom. The van der Waals surface area contributed by atoms with Crippen LogP contribution < -0.4 is 10.6 Å². The molecule has 0 saturated carbocycles. The fourth-order valence-corrected chi connectivity index (χ4v) is 2.21. The molecule has 1 aliphatic rings. The maximum atomic E-state index is 11.9. The summed E-state index contributed by atoms with van der Waals surface area (Å²) < 4.78 is 0. The third kappa shape index (κ3) is 5.17. The Kier molecular flexibility index (Phi) is 7.00. The van der Waals surface area contributed by atoms with E-state index in [4.69, 9.17) is 0 Å². The number of piperidine rings is 1. The van der Waals surface area contributed by atoms with E-state index in [1.54, 1.807) is 0 Å². The van der Waals surface area contributed by atoms with Gasteiger partial charge in [0.25, 0.3) is 0 Å². The predicted molar refractivity (Wildman–Crippen MR) is 70.0 cm³/mol. The van der Waals surface area contributed by atoms with Crippen LogP contribution in [-0.2, 0) is 4.79 Å². The highest BCUT2D eigenvalue weighted by molar-refractivity contribution is 5.85. The van der Waals surface area contributed by atoms with Gasteiger partial charge in [0.1, 0.15) is 0 Å². The van der Waals surface area contributed by atoms with Gasteiger partial charge < -0.3 is 10.6 Å². The fraction of sp³-hybridized carbons (Fsp3) is 0.917. The molecule has 1 amide bonds. The van der Waals surface area contributed by atoms with Crippen molar-refractivity contribution in [1.29, 1.82) is 0 Å². The number of carbonyl (C=O) groups is 1. The van der Waals surface area contributed by atoms with Crippen LogP contribution in [0.25, 0.3) is 0 Å². The van der Waals surface area contributed by atoms with Crippen molar-refractivity contribution < 1.29 is 4.79 Å². The molecule has 3 nitrogen and oxygen atoms in total. The second-order valence-corrected chi connectivity index (χ2v) is 5.15. The van der Waals surface area contributed by atoms with Crippen molar-refractivity contribution in [3.63, 3.8) is 0 Å². The van der Waals surface area contributed by atoms with Gasteiger partial charge in [-0.05, 0) is 46.2 Å². The van der Waals surface area contributed by atoms with Crippen molar-refractivity contribution in [3.05, 3.63) is 0 Å². The Morgan fingerprint density at radius 2 is 1.94 bits per heavy atom. The van der Waals surface area contributed by atoms with Crippen LogP contribution in [0.2, 0.25) is 0 Å². The van der Waals surface area contributed by atoms with Crippen LogP contribution in [0.4, 0.5) is 0 Å². The smallest absolute Gasteiger partial charge is 0.223 e. The van der Waals surface area contributed by atoms with Crippen LogP contribution in [0.15, 0.2) is 0 Å². The summed E-state index contributed by atoms with van der Waals surface area (Å²) in [6.07, 6.45) is 4.12. The molecule has 0 radical (unpaired) electrons. The summed E-state index contributed by atoms with van der Waals surface area (Å²) >= 11 is 0. The summed E-state index contributed by atoms with van der Waals surface area (Å²) in [4.78, 5) is 11.9. The summed E-state index contributed by atoms with van der Waals surface area (Å²) in [6, 6.07) is 0. The Labute approximate surface area is 105 Å². The second-order valence-electron chi connectivity index (χ2n) is 5.15. The molecule has 1 aliphatic heterocycles. The molecule has 4 heteroatoms. The van der Waals surface area contributed by atoms with Gasteiger partial charge in [-0.3, -0.25) is 4.79 Å². The van der Waals surface area contributed by atoms with Gasteiger partial charge in [-0.25, -0.2) is 0 Å². The molecule has 0 unspecified atom stereocenters. The van der Waals surface area contributed by atoms with E-state index in [1.807, 2.05) is 0 Å². The Bertz CT molecular complexity index is 213. The molecule has 2 N–H and O–H groups in total. The highest BCUT2D eigenvalue weighted by Gasteiger charge is 2.26. The highest BCUT2D eigenvalue weighted by atomic mass is 35.5. The molecule has 0 aliphatic carbocycles. The van der Waals surface area contributed by atoms with Gasteiger partial charge in [0.15, 0.2) is 0 Å².